The van der Waals surface area contributed by atoms with Crippen LogP contribution in [0.25, 0.3) is 33.4 Å². The van der Waals surface area contributed by atoms with E-state index in [1.54, 1.807) is 0 Å². The van der Waals surface area contributed by atoms with E-state index in [0.29, 0.717) is 0 Å². The number of anilines is 12. The van der Waals surface area contributed by atoms with Crippen LogP contribution < -0.4 is 19.6 Å². The molecule has 12 aromatic carbocycles. The summed E-state index contributed by atoms with van der Waals surface area (Å²) < 4.78 is 0. The number of hydrogen-bond donors (Lipinski definition) is 0. The van der Waals surface area contributed by atoms with Gasteiger partial charge in [-0.2, -0.15) is 0 Å². The molecule has 0 radical (unpaired) electrons. The van der Waals surface area contributed by atoms with Crippen molar-refractivity contribution in [1.82, 2.24) is 0 Å². The van der Waals surface area contributed by atoms with Crippen LogP contribution in [-0.4, -0.2) is 0 Å². The lowest BCUT2D eigenvalue weighted by atomic mass is 9.68. The Morgan fingerprint density at radius 1 is 0.207 bits per heavy atom. The fraction of sp³-hybridized carbons (Fsp3) is 0.182. The monoisotopic (exact) mass is 1190 g/mol. The maximum Gasteiger partial charge on any atom is 0.0465 e. The van der Waals surface area contributed by atoms with Crippen molar-refractivity contribution in [1.29, 1.82) is 0 Å². The largest absolute Gasteiger partial charge is 0.310 e. The van der Waals surface area contributed by atoms with Crippen molar-refractivity contribution in [3.63, 3.8) is 0 Å². The lowest BCUT2D eigenvalue weighted by Crippen LogP contribution is -2.28. The normalized spacial score (nSPS) is 14.7. The summed E-state index contributed by atoms with van der Waals surface area (Å²) in [6.07, 6.45) is 12.4. The minimum Gasteiger partial charge on any atom is -0.310 e. The molecule has 0 aromatic heterocycles. The second-order valence-corrected chi connectivity index (χ2v) is 26.7. The topological polar surface area (TPSA) is 13.0 Å². The van der Waals surface area contributed by atoms with E-state index in [1.165, 1.54) is 153 Å². The van der Waals surface area contributed by atoms with E-state index in [0.717, 1.165) is 56.9 Å². The van der Waals surface area contributed by atoms with Gasteiger partial charge < -0.3 is 19.6 Å². The van der Waals surface area contributed by atoms with E-state index in [1.807, 2.05) is 0 Å². The van der Waals surface area contributed by atoms with Gasteiger partial charge in [0.1, 0.15) is 0 Å². The van der Waals surface area contributed by atoms with Gasteiger partial charge in [0.05, 0.1) is 0 Å². The predicted molar refractivity (Wildman–Crippen MR) is 388 cm³/mol. The van der Waals surface area contributed by atoms with Crippen LogP contribution in [0.4, 0.5) is 68.2 Å². The van der Waals surface area contributed by atoms with Crippen LogP contribution in [0.1, 0.15) is 109 Å². The molecule has 4 aliphatic rings. The molecule has 0 atom stereocenters. The third kappa shape index (κ3) is 10.1. The molecule has 0 heterocycles. The molecule has 4 heteroatoms. The van der Waals surface area contributed by atoms with E-state index in [2.05, 4.69) is 326 Å². The van der Waals surface area contributed by atoms with Crippen LogP contribution in [0.15, 0.2) is 279 Å². The molecule has 4 nitrogen and oxygen atoms in total. The molecule has 0 bridgehead atoms. The fourth-order valence-electron chi connectivity index (χ4n) is 16.5. The first-order chi connectivity index (χ1) is 45.2. The lowest BCUT2D eigenvalue weighted by Gasteiger charge is -2.36. The quantitative estimate of drug-likeness (QED) is 0.114. The van der Waals surface area contributed by atoms with Gasteiger partial charge in [0.15, 0.2) is 0 Å². The number of rotatable bonds is 13. The third-order valence-electron chi connectivity index (χ3n) is 20.8. The molecule has 12 aromatic rings. The highest BCUT2D eigenvalue weighted by Gasteiger charge is 2.45. The van der Waals surface area contributed by atoms with Crippen molar-refractivity contribution in [3.05, 3.63) is 324 Å². The zero-order valence-electron chi connectivity index (χ0n) is 53.4. The van der Waals surface area contributed by atoms with Gasteiger partial charge in [-0.1, -0.05) is 172 Å². The molecular formula is C88H78N4. The van der Waals surface area contributed by atoms with E-state index >= 15 is 0 Å². The molecule has 2 fully saturated rings. The van der Waals surface area contributed by atoms with E-state index in [4.69, 9.17) is 0 Å². The first kappa shape index (κ1) is 57.0. The van der Waals surface area contributed by atoms with Gasteiger partial charge in [0.2, 0.25) is 0 Å². The number of benzene rings is 12. The molecule has 0 saturated heterocycles. The Morgan fingerprint density at radius 2 is 0.457 bits per heavy atom. The molecule has 0 unspecified atom stereocenters. The number of aryl methyl sites for hydroxylation is 4. The minimum absolute atomic E-state index is 0.0291. The zero-order chi connectivity index (χ0) is 61.9. The predicted octanol–water partition coefficient (Wildman–Crippen LogP) is 24.9. The first-order valence-electron chi connectivity index (χ1n) is 33.5. The van der Waals surface area contributed by atoms with Gasteiger partial charge in [0.25, 0.3) is 0 Å². The Labute approximate surface area is 544 Å². The summed E-state index contributed by atoms with van der Waals surface area (Å²) in [5.74, 6) is 0. The van der Waals surface area contributed by atoms with Crippen molar-refractivity contribution < 1.29 is 0 Å². The van der Waals surface area contributed by atoms with Gasteiger partial charge in [-0.25, -0.2) is 0 Å². The van der Waals surface area contributed by atoms with Gasteiger partial charge in [-0.05, 0) is 277 Å². The second kappa shape index (κ2) is 23.6. The molecular weight excluding hydrogens is 1110 g/mol. The van der Waals surface area contributed by atoms with Gasteiger partial charge in [-0.15, -0.1) is 0 Å². The molecule has 16 rings (SSSR count). The lowest BCUT2D eigenvalue weighted by molar-refractivity contribution is 0.353. The van der Waals surface area contributed by atoms with Crippen LogP contribution in [0, 0.1) is 27.7 Å². The van der Waals surface area contributed by atoms with Crippen LogP contribution >= 0.6 is 0 Å². The molecule has 92 heavy (non-hydrogen) atoms. The average molecular weight is 1190 g/mol. The average Bonchev–Trinajstić information content (AvgIpc) is 1.58. The maximum absolute atomic E-state index is 2.55. The zero-order valence-corrected chi connectivity index (χ0v) is 53.4. The van der Waals surface area contributed by atoms with Crippen LogP contribution in [0.3, 0.4) is 0 Å². The summed E-state index contributed by atoms with van der Waals surface area (Å²) in [6.45, 7) is 8.70. The Bertz CT molecular complexity index is 4310. The number of hydrogen-bond acceptors (Lipinski definition) is 4. The Balaban J connectivity index is 0.777. The molecule has 2 saturated carbocycles. The standard InChI is InChI=1S/C88H78N4/c1-61-19-15-23-73(55-61)91(74-24-16-20-62(2)56-74)71-43-39-69(40-44-71)89(77-47-49-81-79-27-7-9-29-83(79)87(85(81)59-77)51-11-5-12-52-87)67-35-31-65(32-36-67)66-33-37-68(38-34-66)90(78-48-50-82-80-28-8-10-30-84(80)88(86(82)60-78)53-13-6-14-54-88)70-41-45-72(46-42-70)92(75-25-17-21-63(3)57-75)76-26-18-22-64(4)58-76/h7-10,15-50,55-60H,5-6,11-14,51-54H2,1-4H3. The first-order valence-corrected chi connectivity index (χ1v) is 33.5. The Morgan fingerprint density at radius 3 is 0.761 bits per heavy atom. The van der Waals surface area contributed by atoms with Crippen molar-refractivity contribution in [2.45, 2.75) is 103 Å². The number of fused-ring (bicyclic) bond motifs is 10. The summed E-state index contributed by atoms with van der Waals surface area (Å²) in [7, 11) is 0. The summed E-state index contributed by atoms with van der Waals surface area (Å²) in [5, 5.41) is 0. The van der Waals surface area contributed by atoms with E-state index < -0.39 is 0 Å². The van der Waals surface area contributed by atoms with Crippen LogP contribution in [0.5, 0.6) is 0 Å². The van der Waals surface area contributed by atoms with Gasteiger partial charge >= 0.3 is 0 Å². The molecule has 0 N–H and O–H groups in total. The summed E-state index contributed by atoms with van der Waals surface area (Å²) in [6, 6.07) is 106. The Kier molecular flexibility index (Phi) is 14.6. The third-order valence-corrected chi connectivity index (χ3v) is 20.8. The van der Waals surface area contributed by atoms with Gasteiger partial charge in [-0.3, -0.25) is 0 Å². The van der Waals surface area contributed by atoms with Crippen molar-refractivity contribution in [2.75, 3.05) is 19.6 Å². The molecule has 450 valence electrons. The van der Waals surface area contributed by atoms with Gasteiger partial charge in [0, 0.05) is 79.1 Å². The van der Waals surface area contributed by atoms with Crippen molar-refractivity contribution >= 4 is 68.2 Å². The number of nitrogens with zero attached hydrogens (tertiary/aromatic N) is 4. The second-order valence-electron chi connectivity index (χ2n) is 26.7. The molecule has 4 aliphatic carbocycles. The van der Waals surface area contributed by atoms with Crippen LogP contribution in [0.2, 0.25) is 0 Å². The Hall–Kier alpha value is -10.2. The molecule has 0 aliphatic heterocycles. The van der Waals surface area contributed by atoms with Crippen molar-refractivity contribution in [2.24, 2.45) is 0 Å². The summed E-state index contributed by atoms with van der Waals surface area (Å²) in [4.78, 5) is 9.73. The molecule has 0 amide bonds. The maximum atomic E-state index is 2.55. The highest BCUT2D eigenvalue weighted by molar-refractivity contribution is 5.90. The molecule has 2 spiro atoms. The summed E-state index contributed by atoms with van der Waals surface area (Å²) in [5.41, 5.74) is 32.5. The van der Waals surface area contributed by atoms with E-state index in [-0.39, 0.29) is 10.8 Å². The highest BCUT2D eigenvalue weighted by atomic mass is 15.2. The highest BCUT2D eigenvalue weighted by Crippen LogP contribution is 2.59. The summed E-state index contributed by atoms with van der Waals surface area (Å²) >= 11 is 0. The van der Waals surface area contributed by atoms with E-state index in [9.17, 15) is 0 Å². The smallest absolute Gasteiger partial charge is 0.0465 e. The fourth-order valence-corrected chi connectivity index (χ4v) is 16.5. The minimum atomic E-state index is 0.0291. The van der Waals surface area contributed by atoms with Crippen LogP contribution in [-0.2, 0) is 10.8 Å². The van der Waals surface area contributed by atoms with Crippen molar-refractivity contribution in [3.8, 4) is 33.4 Å². The SMILES string of the molecule is Cc1cccc(N(c2ccc(N(c3ccc(-c4ccc(N(c5ccc(N(c6cccc(C)c6)c6cccc(C)c6)cc5)c5ccc6c(c5)C5(CCCCC5)c5ccccc5-6)cc4)cc3)c3ccc4c(c3)C3(CCCCC3)c3ccccc3-4)cc2)c2cccc(C)c2)c1.